The van der Waals surface area contributed by atoms with Crippen molar-refractivity contribution < 1.29 is 18.7 Å². The maximum atomic E-state index is 13.1. The average molecular weight is 407 g/mol. The number of amides is 1. The molecule has 0 bridgehead atoms. The first-order valence-corrected chi connectivity index (χ1v) is 9.98. The minimum absolute atomic E-state index is 0.216. The van der Waals surface area contributed by atoms with Crippen molar-refractivity contribution in [3.63, 3.8) is 0 Å². The molecule has 0 fully saturated rings. The number of halogens is 1. The van der Waals surface area contributed by atoms with Crippen LogP contribution in [0.2, 0.25) is 0 Å². The van der Waals surface area contributed by atoms with Gasteiger partial charge in [0.25, 0.3) is 5.91 Å². The fourth-order valence-corrected chi connectivity index (χ4v) is 3.12. The SMILES string of the molecule is CCOc1ccc(C(=O)N[C@@H](C)c2ccc(F)cc2)cc1COc1ccccc1C. The van der Waals surface area contributed by atoms with Crippen LogP contribution in [-0.2, 0) is 6.61 Å². The van der Waals surface area contributed by atoms with Crippen molar-refractivity contribution in [1.29, 1.82) is 0 Å². The Morgan fingerprint density at radius 1 is 1.00 bits per heavy atom. The first kappa shape index (κ1) is 21.4. The van der Waals surface area contributed by atoms with Crippen LogP contribution >= 0.6 is 0 Å². The highest BCUT2D eigenvalue weighted by Gasteiger charge is 2.15. The van der Waals surface area contributed by atoms with Gasteiger partial charge in [-0.15, -0.1) is 0 Å². The monoisotopic (exact) mass is 407 g/mol. The Hall–Kier alpha value is -3.34. The van der Waals surface area contributed by atoms with Crippen molar-refractivity contribution in [2.45, 2.75) is 33.4 Å². The van der Waals surface area contributed by atoms with Crippen LogP contribution in [0.15, 0.2) is 66.7 Å². The van der Waals surface area contributed by atoms with E-state index in [-0.39, 0.29) is 24.4 Å². The molecule has 0 aliphatic heterocycles. The lowest BCUT2D eigenvalue weighted by Crippen LogP contribution is -2.26. The molecule has 1 N–H and O–H groups in total. The van der Waals surface area contributed by atoms with Crippen LogP contribution < -0.4 is 14.8 Å². The lowest BCUT2D eigenvalue weighted by molar-refractivity contribution is 0.0939. The Bertz CT molecular complexity index is 1000. The molecule has 0 aromatic heterocycles. The number of nitrogens with one attached hydrogen (secondary N) is 1. The summed E-state index contributed by atoms with van der Waals surface area (Å²) in [6.07, 6.45) is 0. The summed E-state index contributed by atoms with van der Waals surface area (Å²) in [6.45, 7) is 6.57. The number of ether oxygens (including phenoxy) is 2. The van der Waals surface area contributed by atoms with Crippen molar-refractivity contribution in [1.82, 2.24) is 5.32 Å². The first-order valence-electron chi connectivity index (χ1n) is 9.98. The van der Waals surface area contributed by atoms with Gasteiger partial charge in [0.2, 0.25) is 0 Å². The molecule has 1 atom stereocenters. The molecule has 3 rings (SSSR count). The van der Waals surface area contributed by atoms with Gasteiger partial charge >= 0.3 is 0 Å². The molecule has 30 heavy (non-hydrogen) atoms. The second kappa shape index (κ2) is 9.92. The molecule has 156 valence electrons. The third-order valence-corrected chi connectivity index (χ3v) is 4.82. The predicted octanol–water partition coefficient (Wildman–Crippen LogP) is 5.60. The summed E-state index contributed by atoms with van der Waals surface area (Å²) in [5, 5.41) is 2.95. The summed E-state index contributed by atoms with van der Waals surface area (Å²) in [7, 11) is 0. The molecule has 0 aliphatic rings. The number of para-hydroxylation sites is 1. The predicted molar refractivity (Wildman–Crippen MR) is 115 cm³/mol. The van der Waals surface area contributed by atoms with Crippen molar-refractivity contribution in [3.8, 4) is 11.5 Å². The molecule has 5 heteroatoms. The van der Waals surface area contributed by atoms with Gasteiger partial charge in [-0.05, 0) is 68.3 Å². The van der Waals surface area contributed by atoms with Gasteiger partial charge in [0.15, 0.2) is 0 Å². The first-order chi connectivity index (χ1) is 14.5. The van der Waals surface area contributed by atoms with E-state index < -0.39 is 0 Å². The molecule has 0 radical (unpaired) electrons. The van der Waals surface area contributed by atoms with Crippen molar-refractivity contribution in [3.05, 3.63) is 94.8 Å². The van der Waals surface area contributed by atoms with Crippen LogP contribution in [0.3, 0.4) is 0 Å². The summed E-state index contributed by atoms with van der Waals surface area (Å²) in [5.74, 6) is 0.961. The molecule has 4 nitrogen and oxygen atoms in total. The summed E-state index contributed by atoms with van der Waals surface area (Å²) in [6, 6.07) is 18.9. The second-order valence-electron chi connectivity index (χ2n) is 7.06. The van der Waals surface area contributed by atoms with E-state index in [4.69, 9.17) is 9.47 Å². The number of hydrogen-bond donors (Lipinski definition) is 1. The van der Waals surface area contributed by atoms with E-state index in [1.54, 1.807) is 30.3 Å². The molecule has 0 heterocycles. The third kappa shape index (κ3) is 5.38. The van der Waals surface area contributed by atoms with Crippen LogP contribution in [0, 0.1) is 12.7 Å². The fraction of sp³-hybridized carbons (Fsp3) is 0.240. The minimum atomic E-state index is -0.304. The van der Waals surface area contributed by atoms with Crippen LogP contribution in [0.25, 0.3) is 0 Å². The topological polar surface area (TPSA) is 47.6 Å². The molecule has 0 saturated carbocycles. The summed E-state index contributed by atoms with van der Waals surface area (Å²) in [5.41, 5.74) is 3.18. The lowest BCUT2D eigenvalue weighted by atomic mass is 10.1. The van der Waals surface area contributed by atoms with E-state index in [0.29, 0.717) is 17.9 Å². The molecule has 0 saturated heterocycles. The maximum Gasteiger partial charge on any atom is 0.251 e. The molecule has 0 aliphatic carbocycles. The van der Waals surface area contributed by atoms with Crippen LogP contribution in [0.1, 0.15) is 46.9 Å². The highest BCUT2D eigenvalue weighted by Crippen LogP contribution is 2.25. The van der Waals surface area contributed by atoms with E-state index >= 15 is 0 Å². The van der Waals surface area contributed by atoms with Crippen molar-refractivity contribution in [2.24, 2.45) is 0 Å². The average Bonchev–Trinajstić information content (AvgIpc) is 2.74. The highest BCUT2D eigenvalue weighted by molar-refractivity contribution is 5.94. The molecule has 0 unspecified atom stereocenters. The molecule has 3 aromatic rings. The van der Waals surface area contributed by atoms with Gasteiger partial charge in [-0.3, -0.25) is 4.79 Å². The van der Waals surface area contributed by atoms with Gasteiger partial charge in [0.05, 0.1) is 12.6 Å². The molecular formula is C25H26FNO3. The standard InChI is InChI=1S/C25H26FNO3/c1-4-29-24-14-11-20(15-21(24)16-30-23-8-6-5-7-17(23)2)25(28)27-18(3)19-9-12-22(26)13-10-19/h5-15,18H,4,16H2,1-3H3,(H,27,28)/t18-/m0/s1. The van der Waals surface area contributed by atoms with Gasteiger partial charge in [-0.1, -0.05) is 30.3 Å². The Labute approximate surface area is 176 Å². The number of hydrogen-bond acceptors (Lipinski definition) is 3. The maximum absolute atomic E-state index is 13.1. The summed E-state index contributed by atoms with van der Waals surface area (Å²) in [4.78, 5) is 12.8. The zero-order chi connectivity index (χ0) is 21.5. The van der Waals surface area contributed by atoms with Gasteiger partial charge in [-0.2, -0.15) is 0 Å². The van der Waals surface area contributed by atoms with E-state index in [1.807, 2.05) is 45.0 Å². The van der Waals surface area contributed by atoms with Crippen LogP contribution in [0.5, 0.6) is 11.5 Å². The zero-order valence-electron chi connectivity index (χ0n) is 17.4. The number of benzene rings is 3. The highest BCUT2D eigenvalue weighted by atomic mass is 19.1. The van der Waals surface area contributed by atoms with Gasteiger partial charge in [-0.25, -0.2) is 4.39 Å². The normalized spacial score (nSPS) is 11.6. The number of carbonyl (C=O) groups is 1. The molecular weight excluding hydrogens is 381 g/mol. The van der Waals surface area contributed by atoms with Gasteiger partial charge in [0.1, 0.15) is 23.9 Å². The number of aryl methyl sites for hydroxylation is 1. The van der Waals surface area contributed by atoms with Crippen LogP contribution in [-0.4, -0.2) is 12.5 Å². The van der Waals surface area contributed by atoms with Crippen molar-refractivity contribution >= 4 is 5.91 Å². The van der Waals surface area contributed by atoms with Crippen molar-refractivity contribution in [2.75, 3.05) is 6.61 Å². The van der Waals surface area contributed by atoms with Gasteiger partial charge < -0.3 is 14.8 Å². The molecule has 0 spiro atoms. The van der Waals surface area contributed by atoms with Gasteiger partial charge in [0, 0.05) is 11.1 Å². The smallest absolute Gasteiger partial charge is 0.251 e. The molecule has 3 aromatic carbocycles. The minimum Gasteiger partial charge on any atom is -0.493 e. The van der Waals surface area contributed by atoms with Crippen LogP contribution in [0.4, 0.5) is 4.39 Å². The summed E-state index contributed by atoms with van der Waals surface area (Å²) >= 11 is 0. The Morgan fingerprint density at radius 2 is 1.73 bits per heavy atom. The Kier molecular flexibility index (Phi) is 7.07. The lowest BCUT2D eigenvalue weighted by Gasteiger charge is -2.17. The second-order valence-corrected chi connectivity index (χ2v) is 7.06. The number of carbonyl (C=O) groups excluding carboxylic acids is 1. The quantitative estimate of drug-likeness (QED) is 0.528. The third-order valence-electron chi connectivity index (χ3n) is 4.82. The fourth-order valence-electron chi connectivity index (χ4n) is 3.12. The largest absolute Gasteiger partial charge is 0.493 e. The van der Waals surface area contributed by atoms with E-state index in [1.165, 1.54) is 12.1 Å². The Balaban J connectivity index is 1.76. The van der Waals surface area contributed by atoms with E-state index in [9.17, 15) is 9.18 Å². The molecule has 1 amide bonds. The zero-order valence-corrected chi connectivity index (χ0v) is 17.4. The van der Waals surface area contributed by atoms with E-state index in [0.717, 1.165) is 22.4 Å². The van der Waals surface area contributed by atoms with E-state index in [2.05, 4.69) is 5.32 Å². The summed E-state index contributed by atoms with van der Waals surface area (Å²) < 4.78 is 24.8. The Morgan fingerprint density at radius 3 is 2.43 bits per heavy atom. The number of rotatable bonds is 8.